The molecule has 0 aromatic carbocycles. The van der Waals surface area contributed by atoms with E-state index in [-0.39, 0.29) is 17.9 Å². The third-order valence-electron chi connectivity index (χ3n) is 3.15. The Hall–Kier alpha value is -0.610. The van der Waals surface area contributed by atoms with Gasteiger partial charge in [-0.15, -0.1) is 0 Å². The highest BCUT2D eigenvalue weighted by Crippen LogP contribution is 2.23. The number of aliphatic hydroxyl groups excluding tert-OH is 1. The lowest BCUT2D eigenvalue weighted by Crippen LogP contribution is -2.48. The van der Waals surface area contributed by atoms with Gasteiger partial charge < -0.3 is 15.3 Å². The van der Waals surface area contributed by atoms with Crippen LogP contribution in [-0.2, 0) is 4.79 Å². The molecule has 1 heterocycles. The minimum atomic E-state index is -0.235. The number of likely N-dealkylation sites (N-methyl/N-ethyl adjacent to an activating group) is 1. The normalized spacial score (nSPS) is 26.2. The Balaban J connectivity index is 2.49. The zero-order valence-electron chi connectivity index (χ0n) is 10.6. The highest BCUT2D eigenvalue weighted by molar-refractivity contribution is 5.78. The molecular weight excluding hydrogens is 204 g/mol. The second-order valence-electron chi connectivity index (χ2n) is 5.12. The van der Waals surface area contributed by atoms with E-state index in [1.165, 1.54) is 0 Å². The highest BCUT2D eigenvalue weighted by atomic mass is 16.3. The number of likely N-dealkylation sites (tertiary alicyclic amines) is 1. The molecule has 1 fully saturated rings. The van der Waals surface area contributed by atoms with Gasteiger partial charge in [-0.25, -0.2) is 0 Å². The first-order valence-electron chi connectivity index (χ1n) is 6.15. The predicted molar refractivity (Wildman–Crippen MR) is 64.1 cm³/mol. The lowest BCUT2D eigenvalue weighted by Gasteiger charge is -2.37. The van der Waals surface area contributed by atoms with Crippen molar-refractivity contribution in [2.24, 2.45) is 11.8 Å². The fourth-order valence-electron chi connectivity index (χ4n) is 2.35. The Kier molecular flexibility index (Phi) is 5.22. The van der Waals surface area contributed by atoms with E-state index in [0.717, 1.165) is 6.42 Å². The number of aliphatic hydroxyl groups is 1. The number of carbonyl (C=O) groups is 1. The third-order valence-corrected chi connectivity index (χ3v) is 3.15. The number of amides is 1. The van der Waals surface area contributed by atoms with Crippen molar-refractivity contribution in [2.45, 2.75) is 32.8 Å². The van der Waals surface area contributed by atoms with Crippen molar-refractivity contribution in [3.63, 3.8) is 0 Å². The molecule has 0 aromatic heterocycles. The molecule has 1 saturated heterocycles. The van der Waals surface area contributed by atoms with Crippen LogP contribution in [0.15, 0.2) is 0 Å². The second kappa shape index (κ2) is 6.21. The Bertz CT molecular complexity index is 231. The van der Waals surface area contributed by atoms with Gasteiger partial charge in [-0.05, 0) is 25.8 Å². The average molecular weight is 228 g/mol. The van der Waals surface area contributed by atoms with E-state index in [0.29, 0.717) is 32.0 Å². The average Bonchev–Trinajstić information content (AvgIpc) is 2.21. The van der Waals surface area contributed by atoms with Crippen LogP contribution in [0.5, 0.6) is 0 Å². The first-order valence-corrected chi connectivity index (χ1v) is 6.15. The van der Waals surface area contributed by atoms with Crippen molar-refractivity contribution >= 4 is 5.91 Å². The van der Waals surface area contributed by atoms with Crippen LogP contribution >= 0.6 is 0 Å². The molecule has 16 heavy (non-hydrogen) atoms. The zero-order valence-corrected chi connectivity index (χ0v) is 10.6. The number of nitrogens with one attached hydrogen (secondary N) is 1. The van der Waals surface area contributed by atoms with Crippen LogP contribution in [0, 0.1) is 11.8 Å². The Labute approximate surface area is 98.0 Å². The van der Waals surface area contributed by atoms with Crippen molar-refractivity contribution in [3.8, 4) is 0 Å². The van der Waals surface area contributed by atoms with Crippen molar-refractivity contribution in [1.82, 2.24) is 10.2 Å². The molecule has 94 valence electrons. The number of nitrogens with zero attached hydrogens (tertiary/aromatic N) is 1. The molecule has 2 atom stereocenters. The van der Waals surface area contributed by atoms with Crippen molar-refractivity contribution in [2.75, 3.05) is 26.7 Å². The molecule has 0 radical (unpaired) electrons. The maximum Gasteiger partial charge on any atom is 0.236 e. The molecule has 0 spiro atoms. The molecule has 0 aliphatic carbocycles. The van der Waals surface area contributed by atoms with Crippen molar-refractivity contribution < 1.29 is 9.90 Å². The Morgan fingerprint density at radius 1 is 1.56 bits per heavy atom. The van der Waals surface area contributed by atoms with Crippen molar-refractivity contribution in [3.05, 3.63) is 0 Å². The molecule has 1 aliphatic heterocycles. The van der Waals surface area contributed by atoms with Gasteiger partial charge in [0, 0.05) is 19.0 Å². The maximum absolute atomic E-state index is 11.7. The summed E-state index contributed by atoms with van der Waals surface area (Å²) in [4.78, 5) is 13.6. The van der Waals surface area contributed by atoms with Crippen LogP contribution in [-0.4, -0.2) is 48.7 Å². The summed E-state index contributed by atoms with van der Waals surface area (Å²) in [5, 5.41) is 12.8. The fourth-order valence-corrected chi connectivity index (χ4v) is 2.35. The minimum absolute atomic E-state index is 0.142. The third kappa shape index (κ3) is 3.76. The standard InChI is InChI=1S/C12H24N2O2/c1-9(2)6-10-8-14(5-4-11(10)15)12(16)7-13-3/h9-11,13,15H,4-8H2,1-3H3. The number of rotatable bonds is 4. The molecule has 0 saturated carbocycles. The van der Waals surface area contributed by atoms with Gasteiger partial charge in [-0.1, -0.05) is 13.8 Å². The van der Waals surface area contributed by atoms with Crippen molar-refractivity contribution in [1.29, 1.82) is 0 Å². The fraction of sp³-hybridized carbons (Fsp3) is 0.917. The predicted octanol–water partition coefficient (Wildman–Crippen LogP) is 0.461. The number of hydrogen-bond donors (Lipinski definition) is 2. The van der Waals surface area contributed by atoms with Crippen LogP contribution in [0.3, 0.4) is 0 Å². The Morgan fingerprint density at radius 3 is 2.81 bits per heavy atom. The molecule has 0 aromatic rings. The van der Waals surface area contributed by atoms with Crippen LogP contribution in [0.1, 0.15) is 26.7 Å². The van der Waals surface area contributed by atoms with Gasteiger partial charge in [-0.3, -0.25) is 4.79 Å². The SMILES string of the molecule is CNCC(=O)N1CCC(O)C(CC(C)C)C1. The molecule has 0 bridgehead atoms. The summed E-state index contributed by atoms with van der Waals surface area (Å²) >= 11 is 0. The first-order chi connectivity index (χ1) is 7.54. The Morgan fingerprint density at radius 2 is 2.25 bits per heavy atom. The van der Waals surface area contributed by atoms with E-state index >= 15 is 0 Å². The molecule has 2 unspecified atom stereocenters. The zero-order chi connectivity index (χ0) is 12.1. The van der Waals surface area contributed by atoms with Gasteiger partial charge in [0.15, 0.2) is 0 Å². The molecule has 1 amide bonds. The maximum atomic E-state index is 11.7. The summed E-state index contributed by atoms with van der Waals surface area (Å²) < 4.78 is 0. The molecule has 2 N–H and O–H groups in total. The molecular formula is C12H24N2O2. The van der Waals surface area contributed by atoms with Crippen LogP contribution < -0.4 is 5.32 Å². The van der Waals surface area contributed by atoms with Gasteiger partial charge in [0.05, 0.1) is 12.6 Å². The quantitative estimate of drug-likeness (QED) is 0.735. The summed E-state index contributed by atoms with van der Waals surface area (Å²) in [6.45, 7) is 6.10. The van der Waals surface area contributed by atoms with E-state index in [4.69, 9.17) is 0 Å². The first kappa shape index (κ1) is 13.5. The highest BCUT2D eigenvalue weighted by Gasteiger charge is 2.30. The van der Waals surface area contributed by atoms with Gasteiger partial charge in [0.1, 0.15) is 0 Å². The van der Waals surface area contributed by atoms with Crippen LogP contribution in [0.2, 0.25) is 0 Å². The largest absolute Gasteiger partial charge is 0.393 e. The van der Waals surface area contributed by atoms with E-state index in [2.05, 4.69) is 19.2 Å². The van der Waals surface area contributed by atoms with E-state index in [1.54, 1.807) is 7.05 Å². The molecule has 1 rings (SSSR count). The smallest absolute Gasteiger partial charge is 0.236 e. The molecule has 1 aliphatic rings. The number of carbonyl (C=O) groups excluding carboxylic acids is 1. The van der Waals surface area contributed by atoms with Crippen LogP contribution in [0.25, 0.3) is 0 Å². The molecule has 4 heteroatoms. The monoisotopic (exact) mass is 228 g/mol. The lowest BCUT2D eigenvalue weighted by molar-refractivity contribution is -0.134. The summed E-state index contributed by atoms with van der Waals surface area (Å²) in [7, 11) is 1.78. The van der Waals surface area contributed by atoms with Gasteiger partial charge >= 0.3 is 0 Å². The molecule has 4 nitrogen and oxygen atoms in total. The topological polar surface area (TPSA) is 52.6 Å². The summed E-state index contributed by atoms with van der Waals surface area (Å²) in [5.41, 5.74) is 0. The minimum Gasteiger partial charge on any atom is -0.393 e. The van der Waals surface area contributed by atoms with E-state index in [9.17, 15) is 9.90 Å². The number of piperidine rings is 1. The van der Waals surface area contributed by atoms with Gasteiger partial charge in [0.25, 0.3) is 0 Å². The summed E-state index contributed by atoms with van der Waals surface area (Å²) in [6, 6.07) is 0. The number of hydrogen-bond acceptors (Lipinski definition) is 3. The lowest BCUT2D eigenvalue weighted by atomic mass is 9.87. The van der Waals surface area contributed by atoms with Crippen LogP contribution in [0.4, 0.5) is 0 Å². The van der Waals surface area contributed by atoms with E-state index in [1.807, 2.05) is 4.90 Å². The summed E-state index contributed by atoms with van der Waals surface area (Å²) in [6.07, 6.45) is 1.47. The van der Waals surface area contributed by atoms with Gasteiger partial charge in [-0.2, -0.15) is 0 Å². The van der Waals surface area contributed by atoms with E-state index < -0.39 is 0 Å². The summed E-state index contributed by atoms with van der Waals surface area (Å²) in [5.74, 6) is 0.955. The van der Waals surface area contributed by atoms with Gasteiger partial charge in [0.2, 0.25) is 5.91 Å². The second-order valence-corrected chi connectivity index (χ2v) is 5.12.